The number of aromatic nitrogens is 6. The Labute approximate surface area is 556 Å². The van der Waals surface area contributed by atoms with Crippen LogP contribution in [0, 0.1) is 0 Å². The highest BCUT2D eigenvalue weighted by Gasteiger charge is 2.38. The summed E-state index contributed by atoms with van der Waals surface area (Å²) >= 11 is 0. The molecule has 0 radical (unpaired) electrons. The minimum Gasteiger partial charge on any atom is -0.309 e. The number of hydrogen-bond donors (Lipinski definition) is 0. The van der Waals surface area contributed by atoms with Crippen molar-refractivity contribution in [2.75, 3.05) is 0 Å². The molecule has 0 N–H and O–H groups in total. The van der Waals surface area contributed by atoms with Gasteiger partial charge in [-0.2, -0.15) is 15.0 Å². The van der Waals surface area contributed by atoms with E-state index < -0.39 is 0 Å². The summed E-state index contributed by atoms with van der Waals surface area (Å²) in [5, 5.41) is 6.86. The molecule has 0 saturated heterocycles. The van der Waals surface area contributed by atoms with E-state index in [9.17, 15) is 0 Å². The second-order valence-electron chi connectivity index (χ2n) is 28.4. The van der Waals surface area contributed by atoms with E-state index in [1.165, 1.54) is 88.7 Å². The second kappa shape index (κ2) is 19.7. The van der Waals surface area contributed by atoms with Crippen molar-refractivity contribution in [3.63, 3.8) is 0 Å². The average molecular weight is 1230 g/mol. The zero-order valence-electron chi connectivity index (χ0n) is 54.2. The lowest BCUT2D eigenvalue weighted by molar-refractivity contribution is 0.660. The van der Waals surface area contributed by atoms with Crippen LogP contribution in [0.2, 0.25) is 0 Å². The van der Waals surface area contributed by atoms with Crippen molar-refractivity contribution in [3.8, 4) is 95.7 Å². The number of benzene rings is 13. The van der Waals surface area contributed by atoms with E-state index in [0.717, 1.165) is 88.1 Å². The third kappa shape index (κ3) is 7.66. The first kappa shape index (κ1) is 54.8. The Morgan fingerprint density at radius 3 is 0.938 bits per heavy atom. The number of fused-ring (bicyclic) bond motifs is 18. The molecule has 4 aromatic heterocycles. The molecule has 0 bridgehead atoms. The predicted octanol–water partition coefficient (Wildman–Crippen LogP) is 22.7. The summed E-state index contributed by atoms with van der Waals surface area (Å²) in [5.41, 5.74) is 30.8. The van der Waals surface area contributed by atoms with Crippen molar-refractivity contribution in [1.29, 1.82) is 0 Å². The van der Waals surface area contributed by atoms with Crippen LogP contribution in [0.15, 0.2) is 279 Å². The monoisotopic (exact) mass is 1230 g/mol. The molecule has 0 spiro atoms. The molecule has 0 saturated carbocycles. The Bertz CT molecular complexity index is 6010. The summed E-state index contributed by atoms with van der Waals surface area (Å²) in [6.07, 6.45) is 0. The summed E-state index contributed by atoms with van der Waals surface area (Å²) in [6, 6.07) is 104. The summed E-state index contributed by atoms with van der Waals surface area (Å²) in [5.74, 6) is 1.61. The zero-order valence-corrected chi connectivity index (χ0v) is 54.2. The van der Waals surface area contributed by atoms with E-state index in [4.69, 9.17) is 15.0 Å². The van der Waals surface area contributed by atoms with Gasteiger partial charge in [0.25, 0.3) is 0 Å². The van der Waals surface area contributed by atoms with E-state index in [1.807, 2.05) is 0 Å². The molecule has 6 nitrogen and oxygen atoms in total. The molecule has 4 heterocycles. The third-order valence-electron chi connectivity index (χ3n) is 22.1. The molecular formula is C90H64N6. The molecule has 0 fully saturated rings. The van der Waals surface area contributed by atoms with Crippen LogP contribution in [0.25, 0.3) is 161 Å². The van der Waals surface area contributed by atoms with Gasteiger partial charge in [0, 0.05) is 59.8 Å². The standard InChI is InChI=1S/C90H64N6/c1-88(2)73-28-13-7-22-61(73)70-47-53(37-43-76(70)88)56-34-40-67-64-25-10-16-31-79(64)94(82(67)50-56)60-21-19-20-59(46-60)85-91-86(95-80-32-17-11-26-65(80)68-41-35-57(51-83(68)95)54-38-44-77-71(48-54)62-23-8-14-29-74(62)89(77,3)4)93-87(92-85)96-81-33-18-12-27-66(81)69-42-36-58(52-84(69)96)55-39-45-78-72(49-55)63-24-9-15-30-75(63)90(78,5)6/h7-52H,1-6H3. The molecular weight excluding hydrogens is 1170 g/mol. The fraction of sp³-hybridized carbons (Fsp3) is 0.100. The van der Waals surface area contributed by atoms with Crippen LogP contribution in [0.3, 0.4) is 0 Å². The minimum absolute atomic E-state index is 0.0737. The highest BCUT2D eigenvalue weighted by atomic mass is 15.3. The summed E-state index contributed by atoms with van der Waals surface area (Å²) < 4.78 is 6.97. The van der Waals surface area contributed by atoms with E-state index >= 15 is 0 Å². The minimum atomic E-state index is -0.0970. The average Bonchev–Trinajstić information content (AvgIpc) is 1.58. The van der Waals surface area contributed by atoms with E-state index in [2.05, 4.69) is 334 Å². The Morgan fingerprint density at radius 1 is 0.219 bits per heavy atom. The Hall–Kier alpha value is -11.7. The fourth-order valence-electron chi connectivity index (χ4n) is 17.3. The molecule has 20 rings (SSSR count). The van der Waals surface area contributed by atoms with Gasteiger partial charge in [0.05, 0.1) is 33.1 Å². The van der Waals surface area contributed by atoms with Crippen LogP contribution >= 0.6 is 0 Å². The van der Waals surface area contributed by atoms with E-state index in [-0.39, 0.29) is 16.2 Å². The van der Waals surface area contributed by atoms with Crippen molar-refractivity contribution in [2.45, 2.75) is 57.8 Å². The first-order chi connectivity index (χ1) is 46.8. The van der Waals surface area contributed by atoms with Crippen LogP contribution in [-0.4, -0.2) is 28.7 Å². The molecule has 13 aromatic carbocycles. The van der Waals surface area contributed by atoms with Crippen LogP contribution in [0.5, 0.6) is 0 Å². The SMILES string of the molecule is CC1(C)c2ccccc2-c2cc(-c3ccc4c5ccccc5n(-c5cccc(-c6nc(-n7c8ccccc8c8ccc(-c9ccc%10c(c9)-c9ccccc9C%10(C)C)cc87)nc(-n7c8ccccc8c8ccc(-c9ccc%10c(c9)-c9ccccc9C%10(C)C)cc87)n6)c5)c4c3)ccc21. The van der Waals surface area contributed by atoms with Crippen LogP contribution in [0.4, 0.5) is 0 Å². The molecule has 6 heteroatoms. The quantitative estimate of drug-likeness (QED) is 0.160. The van der Waals surface area contributed by atoms with Gasteiger partial charge in [-0.15, -0.1) is 0 Å². The van der Waals surface area contributed by atoms with Gasteiger partial charge in [-0.3, -0.25) is 9.13 Å². The van der Waals surface area contributed by atoms with Gasteiger partial charge in [-0.1, -0.05) is 254 Å². The smallest absolute Gasteiger partial charge is 0.240 e. The van der Waals surface area contributed by atoms with Gasteiger partial charge in [0.1, 0.15) is 0 Å². The lowest BCUT2D eigenvalue weighted by Crippen LogP contribution is -2.14. The highest BCUT2D eigenvalue weighted by Crippen LogP contribution is 2.53. The van der Waals surface area contributed by atoms with Gasteiger partial charge >= 0.3 is 0 Å². The van der Waals surface area contributed by atoms with Gasteiger partial charge in [-0.05, 0) is 167 Å². The third-order valence-corrected chi connectivity index (χ3v) is 22.1. The van der Waals surface area contributed by atoms with Crippen LogP contribution < -0.4 is 0 Å². The molecule has 0 aliphatic heterocycles. The molecule has 17 aromatic rings. The summed E-state index contributed by atoms with van der Waals surface area (Å²) in [4.78, 5) is 17.2. The summed E-state index contributed by atoms with van der Waals surface area (Å²) in [6.45, 7) is 14.1. The summed E-state index contributed by atoms with van der Waals surface area (Å²) in [7, 11) is 0. The van der Waals surface area contributed by atoms with Gasteiger partial charge in [0.15, 0.2) is 5.82 Å². The molecule has 3 aliphatic rings. The van der Waals surface area contributed by atoms with Crippen molar-refractivity contribution in [1.82, 2.24) is 28.7 Å². The first-order valence-electron chi connectivity index (χ1n) is 33.6. The van der Waals surface area contributed by atoms with E-state index in [0.29, 0.717) is 17.7 Å². The molecule has 96 heavy (non-hydrogen) atoms. The Morgan fingerprint density at radius 2 is 0.531 bits per heavy atom. The van der Waals surface area contributed by atoms with Gasteiger partial charge < -0.3 is 4.57 Å². The van der Waals surface area contributed by atoms with E-state index in [1.54, 1.807) is 0 Å². The van der Waals surface area contributed by atoms with Crippen molar-refractivity contribution in [3.05, 3.63) is 312 Å². The number of rotatable bonds is 7. The normalized spacial score (nSPS) is 14.4. The Kier molecular flexibility index (Phi) is 11.2. The number of hydrogen-bond acceptors (Lipinski definition) is 3. The predicted molar refractivity (Wildman–Crippen MR) is 397 cm³/mol. The number of para-hydroxylation sites is 3. The second-order valence-corrected chi connectivity index (χ2v) is 28.4. The largest absolute Gasteiger partial charge is 0.309 e. The fourth-order valence-corrected chi connectivity index (χ4v) is 17.3. The maximum Gasteiger partial charge on any atom is 0.240 e. The van der Waals surface area contributed by atoms with Crippen LogP contribution in [0.1, 0.15) is 74.9 Å². The lowest BCUT2D eigenvalue weighted by atomic mass is 9.82. The highest BCUT2D eigenvalue weighted by molar-refractivity contribution is 6.13. The number of nitrogens with zero attached hydrogens (tertiary/aromatic N) is 6. The van der Waals surface area contributed by atoms with Gasteiger partial charge in [-0.25, -0.2) is 0 Å². The van der Waals surface area contributed by atoms with Gasteiger partial charge in [0.2, 0.25) is 11.9 Å². The molecule has 454 valence electrons. The van der Waals surface area contributed by atoms with Crippen molar-refractivity contribution < 1.29 is 0 Å². The topological polar surface area (TPSA) is 53.5 Å². The molecule has 3 aliphatic carbocycles. The Balaban J connectivity index is 0.801. The molecule has 0 atom stereocenters. The first-order valence-corrected chi connectivity index (χ1v) is 33.6. The van der Waals surface area contributed by atoms with Crippen molar-refractivity contribution >= 4 is 65.4 Å². The van der Waals surface area contributed by atoms with Crippen molar-refractivity contribution in [2.24, 2.45) is 0 Å². The maximum atomic E-state index is 5.76. The maximum absolute atomic E-state index is 5.76. The van der Waals surface area contributed by atoms with Crippen LogP contribution in [-0.2, 0) is 16.2 Å². The molecule has 0 amide bonds. The zero-order chi connectivity index (χ0) is 64.1. The lowest BCUT2D eigenvalue weighted by Gasteiger charge is -2.21. The molecule has 0 unspecified atom stereocenters.